The van der Waals surface area contributed by atoms with Gasteiger partial charge in [-0.3, -0.25) is 4.79 Å². The third-order valence-electron chi connectivity index (χ3n) is 5.00. The van der Waals surface area contributed by atoms with Crippen LogP contribution in [0.3, 0.4) is 0 Å². The molecule has 30 heavy (non-hydrogen) atoms. The number of aliphatic carboxylic acids is 1. The Labute approximate surface area is 170 Å². The highest BCUT2D eigenvalue weighted by Gasteiger charge is 2.30. The van der Waals surface area contributed by atoms with Gasteiger partial charge in [0, 0.05) is 17.4 Å². The maximum atomic E-state index is 12.8. The molecule has 0 bridgehead atoms. The number of carboxylic acid groups (broad SMARTS) is 1. The quantitative estimate of drug-likeness (QED) is 0.421. The third-order valence-corrected chi connectivity index (χ3v) is 5.00. The molecular weight excluding hydrogens is 395 g/mol. The summed E-state index contributed by atoms with van der Waals surface area (Å²) in [6.07, 6.45) is -4.48. The van der Waals surface area contributed by atoms with Gasteiger partial charge in [-0.25, -0.2) is 0 Å². The fourth-order valence-corrected chi connectivity index (χ4v) is 3.71. The Bertz CT molecular complexity index is 1240. The number of aromatic nitrogens is 1. The molecule has 0 aliphatic carbocycles. The Kier molecular flexibility index (Phi) is 4.89. The lowest BCUT2D eigenvalue weighted by molar-refractivity contribution is -0.138. The average molecular weight is 413 g/mol. The van der Waals surface area contributed by atoms with Gasteiger partial charge in [-0.2, -0.15) is 13.2 Å². The van der Waals surface area contributed by atoms with E-state index in [1.807, 2.05) is 31.2 Å². The van der Waals surface area contributed by atoms with Crippen molar-refractivity contribution in [2.24, 2.45) is 0 Å². The summed E-state index contributed by atoms with van der Waals surface area (Å²) in [5.41, 5.74) is 1.75. The molecule has 0 saturated heterocycles. The van der Waals surface area contributed by atoms with Crippen molar-refractivity contribution in [2.45, 2.75) is 26.1 Å². The van der Waals surface area contributed by atoms with Gasteiger partial charge in [0.2, 0.25) is 0 Å². The first kappa shape index (κ1) is 19.8. The van der Waals surface area contributed by atoms with Crippen LogP contribution in [-0.4, -0.2) is 15.6 Å². The molecule has 4 nitrogen and oxygen atoms in total. The van der Waals surface area contributed by atoms with Gasteiger partial charge < -0.3 is 14.4 Å². The Balaban J connectivity index is 1.82. The number of alkyl halides is 3. The number of ether oxygens (including phenoxy) is 1. The van der Waals surface area contributed by atoms with Crippen LogP contribution in [0.4, 0.5) is 13.2 Å². The minimum Gasteiger partial charge on any atom is -0.481 e. The van der Waals surface area contributed by atoms with Gasteiger partial charge in [0.25, 0.3) is 0 Å². The largest absolute Gasteiger partial charge is 0.481 e. The summed E-state index contributed by atoms with van der Waals surface area (Å²) in [5.74, 6) is -0.0781. The molecule has 0 spiro atoms. The molecule has 0 fully saturated rings. The van der Waals surface area contributed by atoms with Crippen LogP contribution in [0.25, 0.3) is 21.8 Å². The highest BCUT2D eigenvalue weighted by atomic mass is 19.4. The Morgan fingerprint density at radius 1 is 1.03 bits per heavy atom. The van der Waals surface area contributed by atoms with Gasteiger partial charge >= 0.3 is 12.1 Å². The van der Waals surface area contributed by atoms with Crippen LogP contribution in [0.15, 0.2) is 60.7 Å². The molecule has 0 aliphatic heterocycles. The standard InChI is InChI=1S/C23H18F3NO3/c1-2-27-18-4-3-5-20(30-16-9-7-15(8-10-16)23(24,25)26)22(18)17-11-6-14(12-19(17)27)13-21(28)29/h3-12H,2,13H2,1H3,(H,28,29). The summed E-state index contributed by atoms with van der Waals surface area (Å²) in [6.45, 7) is 2.66. The van der Waals surface area contributed by atoms with Crippen molar-refractivity contribution in [3.05, 3.63) is 71.8 Å². The topological polar surface area (TPSA) is 51.5 Å². The van der Waals surface area contributed by atoms with E-state index in [-0.39, 0.29) is 6.42 Å². The van der Waals surface area contributed by atoms with Crippen molar-refractivity contribution in [1.29, 1.82) is 0 Å². The molecule has 3 aromatic carbocycles. The monoisotopic (exact) mass is 413 g/mol. The smallest absolute Gasteiger partial charge is 0.416 e. The van der Waals surface area contributed by atoms with Gasteiger partial charge in [0.15, 0.2) is 0 Å². The number of aryl methyl sites for hydroxylation is 1. The van der Waals surface area contributed by atoms with Crippen LogP contribution in [0.2, 0.25) is 0 Å². The number of benzene rings is 3. The number of nitrogens with zero attached hydrogens (tertiary/aromatic N) is 1. The molecule has 0 amide bonds. The van der Waals surface area contributed by atoms with Crippen LogP contribution in [0.1, 0.15) is 18.1 Å². The van der Waals surface area contributed by atoms with Crippen molar-refractivity contribution < 1.29 is 27.8 Å². The van der Waals surface area contributed by atoms with Crippen molar-refractivity contribution in [1.82, 2.24) is 4.57 Å². The predicted octanol–water partition coefficient (Wildman–Crippen LogP) is 6.25. The summed E-state index contributed by atoms with van der Waals surface area (Å²) in [6, 6.07) is 15.6. The maximum Gasteiger partial charge on any atom is 0.416 e. The zero-order valence-corrected chi connectivity index (χ0v) is 16.0. The first-order chi connectivity index (χ1) is 14.3. The van der Waals surface area contributed by atoms with Crippen molar-refractivity contribution in [2.75, 3.05) is 0 Å². The number of fused-ring (bicyclic) bond motifs is 3. The second-order valence-corrected chi connectivity index (χ2v) is 6.94. The van der Waals surface area contributed by atoms with Crippen LogP contribution in [0, 0.1) is 0 Å². The van der Waals surface area contributed by atoms with Crippen LogP contribution < -0.4 is 4.74 Å². The number of carbonyl (C=O) groups is 1. The second-order valence-electron chi connectivity index (χ2n) is 6.94. The van der Waals surface area contributed by atoms with E-state index in [2.05, 4.69) is 4.57 Å². The van der Waals surface area contributed by atoms with E-state index in [9.17, 15) is 18.0 Å². The average Bonchev–Trinajstić information content (AvgIpc) is 3.01. The molecule has 0 saturated carbocycles. The summed E-state index contributed by atoms with van der Waals surface area (Å²) in [7, 11) is 0. The van der Waals surface area contributed by atoms with E-state index in [1.54, 1.807) is 12.1 Å². The highest BCUT2D eigenvalue weighted by Crippen LogP contribution is 2.38. The molecule has 1 N–H and O–H groups in total. The van der Waals surface area contributed by atoms with E-state index < -0.39 is 17.7 Å². The third kappa shape index (κ3) is 3.58. The van der Waals surface area contributed by atoms with Crippen LogP contribution in [0.5, 0.6) is 11.5 Å². The van der Waals surface area contributed by atoms with Gasteiger partial charge in [-0.1, -0.05) is 18.2 Å². The summed E-state index contributed by atoms with van der Waals surface area (Å²) in [4.78, 5) is 11.1. The molecule has 7 heteroatoms. The molecule has 0 atom stereocenters. The zero-order valence-electron chi connectivity index (χ0n) is 16.0. The Morgan fingerprint density at radius 3 is 2.40 bits per heavy atom. The van der Waals surface area contributed by atoms with Gasteiger partial charge in [0.05, 0.1) is 22.9 Å². The fourth-order valence-electron chi connectivity index (χ4n) is 3.71. The lowest BCUT2D eigenvalue weighted by Gasteiger charge is -2.10. The number of hydrogen-bond donors (Lipinski definition) is 1. The summed E-state index contributed by atoms with van der Waals surface area (Å²) >= 11 is 0. The molecule has 1 aromatic heterocycles. The highest BCUT2D eigenvalue weighted by molar-refractivity contribution is 6.11. The first-order valence-electron chi connectivity index (χ1n) is 9.38. The van der Waals surface area contributed by atoms with Crippen molar-refractivity contribution in [3.63, 3.8) is 0 Å². The SMILES string of the molecule is CCn1c2cc(CC(=O)O)ccc2c2c(Oc3ccc(C(F)(F)F)cc3)cccc21. The Hall–Kier alpha value is -3.48. The van der Waals surface area contributed by atoms with Gasteiger partial charge in [-0.05, 0) is 55.0 Å². The molecule has 154 valence electrons. The van der Waals surface area contributed by atoms with E-state index in [0.29, 0.717) is 23.6 Å². The van der Waals surface area contributed by atoms with E-state index in [4.69, 9.17) is 9.84 Å². The fraction of sp³-hybridized carbons (Fsp3) is 0.174. The van der Waals surface area contributed by atoms with Gasteiger partial charge in [-0.15, -0.1) is 0 Å². The molecule has 4 aromatic rings. The zero-order chi connectivity index (χ0) is 21.5. The summed E-state index contributed by atoms with van der Waals surface area (Å²) in [5, 5.41) is 10.8. The summed E-state index contributed by atoms with van der Waals surface area (Å²) < 4.78 is 46.4. The lowest BCUT2D eigenvalue weighted by atomic mass is 10.1. The minimum atomic E-state index is -4.40. The predicted molar refractivity (Wildman–Crippen MR) is 108 cm³/mol. The molecular formula is C23H18F3NO3. The molecule has 0 unspecified atom stereocenters. The molecule has 0 aliphatic rings. The second kappa shape index (κ2) is 7.40. The number of rotatable bonds is 5. The van der Waals surface area contributed by atoms with E-state index >= 15 is 0 Å². The maximum absolute atomic E-state index is 12.8. The Morgan fingerprint density at radius 2 is 1.77 bits per heavy atom. The van der Waals surface area contributed by atoms with E-state index in [0.717, 1.165) is 33.9 Å². The molecule has 4 rings (SSSR count). The number of halogens is 3. The first-order valence-corrected chi connectivity index (χ1v) is 9.38. The van der Waals surface area contributed by atoms with Crippen LogP contribution in [-0.2, 0) is 23.9 Å². The van der Waals surface area contributed by atoms with Crippen molar-refractivity contribution in [3.8, 4) is 11.5 Å². The number of carboxylic acids is 1. The molecule has 1 heterocycles. The molecule has 0 radical (unpaired) electrons. The minimum absolute atomic E-state index is 0.0733. The number of hydrogen-bond acceptors (Lipinski definition) is 2. The van der Waals surface area contributed by atoms with Gasteiger partial charge in [0.1, 0.15) is 11.5 Å². The van der Waals surface area contributed by atoms with Crippen molar-refractivity contribution >= 4 is 27.8 Å². The van der Waals surface area contributed by atoms with Crippen LogP contribution >= 0.6 is 0 Å². The van der Waals surface area contributed by atoms with E-state index in [1.165, 1.54) is 12.1 Å². The lowest BCUT2D eigenvalue weighted by Crippen LogP contribution is -2.04. The normalized spacial score (nSPS) is 11.9.